The second-order valence-electron chi connectivity index (χ2n) is 6.09. The average Bonchev–Trinajstić information content (AvgIpc) is 2.52. The maximum absolute atomic E-state index is 12.4. The molecule has 1 aliphatic rings. The lowest BCUT2D eigenvalue weighted by Gasteiger charge is -2.34. The van der Waals surface area contributed by atoms with Gasteiger partial charge in [-0.05, 0) is 30.9 Å². The maximum Gasteiger partial charge on any atom is 0.223 e. The van der Waals surface area contributed by atoms with Gasteiger partial charge in [0.1, 0.15) is 0 Å². The standard InChI is InChI=1S/C16H23ClN2O4S/c1-23-15-8-7-11(9-14(15)19-24(2,21)22)16(20)18-10-12-5-3-4-6-13(12)17/h3-6,11,14-15,19H,7-10H2,1-2H3,(H,18,20)/t11-,14+,15+/m0/s1. The molecule has 0 saturated heterocycles. The molecule has 1 saturated carbocycles. The van der Waals surface area contributed by atoms with E-state index in [0.717, 1.165) is 11.8 Å². The molecule has 0 bridgehead atoms. The van der Waals surface area contributed by atoms with Gasteiger partial charge in [-0.2, -0.15) is 0 Å². The van der Waals surface area contributed by atoms with E-state index in [0.29, 0.717) is 30.8 Å². The number of hydrogen-bond donors (Lipinski definition) is 2. The van der Waals surface area contributed by atoms with Crippen LogP contribution in [-0.2, 0) is 26.1 Å². The van der Waals surface area contributed by atoms with Crippen molar-refractivity contribution < 1.29 is 17.9 Å². The van der Waals surface area contributed by atoms with E-state index in [1.54, 1.807) is 13.2 Å². The van der Waals surface area contributed by atoms with Crippen LogP contribution >= 0.6 is 11.6 Å². The van der Waals surface area contributed by atoms with Gasteiger partial charge < -0.3 is 10.1 Å². The number of carbonyl (C=O) groups is 1. The molecule has 6 nitrogen and oxygen atoms in total. The quantitative estimate of drug-likeness (QED) is 0.793. The molecule has 1 aromatic carbocycles. The van der Waals surface area contributed by atoms with E-state index in [-0.39, 0.29) is 17.9 Å². The van der Waals surface area contributed by atoms with Crippen molar-refractivity contribution >= 4 is 27.5 Å². The molecule has 0 unspecified atom stereocenters. The highest BCUT2D eigenvalue weighted by Crippen LogP contribution is 2.27. The number of carbonyl (C=O) groups excluding carboxylic acids is 1. The molecule has 2 N–H and O–H groups in total. The van der Waals surface area contributed by atoms with E-state index in [9.17, 15) is 13.2 Å². The summed E-state index contributed by atoms with van der Waals surface area (Å²) in [5.41, 5.74) is 0.851. The van der Waals surface area contributed by atoms with Gasteiger partial charge >= 0.3 is 0 Å². The first-order valence-corrected chi connectivity index (χ1v) is 10.1. The fourth-order valence-corrected chi connectivity index (χ4v) is 4.03. The third-order valence-electron chi connectivity index (χ3n) is 4.24. The summed E-state index contributed by atoms with van der Waals surface area (Å²) in [6, 6.07) is 6.94. The van der Waals surface area contributed by atoms with E-state index in [4.69, 9.17) is 16.3 Å². The Morgan fingerprint density at radius 1 is 1.33 bits per heavy atom. The van der Waals surface area contributed by atoms with Gasteiger partial charge in [0.15, 0.2) is 0 Å². The van der Waals surface area contributed by atoms with E-state index < -0.39 is 16.1 Å². The van der Waals surface area contributed by atoms with Crippen LogP contribution in [0.25, 0.3) is 0 Å². The van der Waals surface area contributed by atoms with E-state index in [1.807, 2.05) is 18.2 Å². The van der Waals surface area contributed by atoms with Crippen molar-refractivity contribution in [3.8, 4) is 0 Å². The lowest BCUT2D eigenvalue weighted by Crippen LogP contribution is -2.49. The molecule has 3 atom stereocenters. The molecule has 1 amide bonds. The van der Waals surface area contributed by atoms with Crippen LogP contribution in [0.2, 0.25) is 5.02 Å². The van der Waals surface area contributed by atoms with Gasteiger partial charge in [-0.3, -0.25) is 4.79 Å². The Hall–Kier alpha value is -1.15. The number of halogens is 1. The van der Waals surface area contributed by atoms with Crippen molar-refractivity contribution in [2.24, 2.45) is 5.92 Å². The Labute approximate surface area is 148 Å². The largest absolute Gasteiger partial charge is 0.380 e. The van der Waals surface area contributed by atoms with Gasteiger partial charge in [-0.25, -0.2) is 13.1 Å². The molecule has 1 aromatic rings. The van der Waals surface area contributed by atoms with Crippen molar-refractivity contribution in [2.75, 3.05) is 13.4 Å². The smallest absolute Gasteiger partial charge is 0.223 e. The van der Waals surface area contributed by atoms with Crippen molar-refractivity contribution in [2.45, 2.75) is 38.0 Å². The summed E-state index contributed by atoms with van der Waals surface area (Å²) in [7, 11) is -1.80. The van der Waals surface area contributed by atoms with Gasteiger partial charge in [0, 0.05) is 30.6 Å². The molecule has 24 heavy (non-hydrogen) atoms. The number of rotatable bonds is 6. The molecule has 1 aliphatic carbocycles. The van der Waals surface area contributed by atoms with Gasteiger partial charge in [0.05, 0.1) is 12.4 Å². The first-order chi connectivity index (χ1) is 11.3. The van der Waals surface area contributed by atoms with Gasteiger partial charge in [-0.1, -0.05) is 29.8 Å². The number of hydrogen-bond acceptors (Lipinski definition) is 4. The fraction of sp³-hybridized carbons (Fsp3) is 0.562. The van der Waals surface area contributed by atoms with Crippen LogP contribution in [0.15, 0.2) is 24.3 Å². The number of sulfonamides is 1. The lowest BCUT2D eigenvalue weighted by molar-refractivity contribution is -0.127. The van der Waals surface area contributed by atoms with Crippen LogP contribution in [0.1, 0.15) is 24.8 Å². The SMILES string of the molecule is CO[C@@H]1CC[C@H](C(=O)NCc2ccccc2Cl)C[C@H]1NS(C)(=O)=O. The molecular weight excluding hydrogens is 352 g/mol. The molecular formula is C16H23ClN2O4S. The maximum atomic E-state index is 12.4. The van der Waals surface area contributed by atoms with Crippen molar-refractivity contribution in [3.63, 3.8) is 0 Å². The van der Waals surface area contributed by atoms with Crippen molar-refractivity contribution in [1.29, 1.82) is 0 Å². The highest BCUT2D eigenvalue weighted by atomic mass is 35.5. The van der Waals surface area contributed by atoms with Crippen LogP contribution in [0, 0.1) is 5.92 Å². The Bertz CT molecular complexity index is 680. The summed E-state index contributed by atoms with van der Waals surface area (Å²) in [6.45, 7) is 0.354. The predicted octanol–water partition coefficient (Wildman–Crippen LogP) is 1.69. The lowest BCUT2D eigenvalue weighted by atomic mass is 9.83. The highest BCUT2D eigenvalue weighted by molar-refractivity contribution is 7.88. The summed E-state index contributed by atoms with van der Waals surface area (Å²) >= 11 is 6.08. The molecule has 8 heteroatoms. The molecule has 2 rings (SSSR count). The molecule has 0 spiro atoms. The van der Waals surface area contributed by atoms with Crippen LogP contribution in [0.4, 0.5) is 0 Å². The van der Waals surface area contributed by atoms with Crippen LogP contribution in [-0.4, -0.2) is 39.8 Å². The highest BCUT2D eigenvalue weighted by Gasteiger charge is 2.35. The summed E-state index contributed by atoms with van der Waals surface area (Å²) in [6.07, 6.45) is 2.61. The predicted molar refractivity (Wildman–Crippen MR) is 93.2 cm³/mol. The Morgan fingerprint density at radius 2 is 2.04 bits per heavy atom. The Kier molecular flexibility index (Phi) is 6.62. The zero-order chi connectivity index (χ0) is 17.7. The number of benzene rings is 1. The Balaban J connectivity index is 1.96. The van der Waals surface area contributed by atoms with E-state index in [1.165, 1.54) is 0 Å². The van der Waals surface area contributed by atoms with E-state index >= 15 is 0 Å². The topological polar surface area (TPSA) is 84.5 Å². The van der Waals surface area contributed by atoms with Gasteiger partial charge in [0.2, 0.25) is 15.9 Å². The fourth-order valence-electron chi connectivity index (χ4n) is 3.03. The zero-order valence-electron chi connectivity index (χ0n) is 13.8. The number of nitrogens with one attached hydrogen (secondary N) is 2. The van der Waals surface area contributed by atoms with Crippen molar-refractivity contribution in [3.05, 3.63) is 34.9 Å². The molecule has 0 aliphatic heterocycles. The molecule has 1 fully saturated rings. The Morgan fingerprint density at radius 3 is 2.67 bits per heavy atom. The first kappa shape index (κ1) is 19.2. The number of methoxy groups -OCH3 is 1. The van der Waals surface area contributed by atoms with Crippen LogP contribution < -0.4 is 10.0 Å². The minimum atomic E-state index is -3.36. The van der Waals surface area contributed by atoms with Gasteiger partial charge in [0.25, 0.3) is 0 Å². The monoisotopic (exact) mass is 374 g/mol. The number of ether oxygens (including phenoxy) is 1. The normalized spacial score (nSPS) is 24.5. The average molecular weight is 375 g/mol. The second-order valence-corrected chi connectivity index (χ2v) is 8.28. The molecule has 0 radical (unpaired) electrons. The third-order valence-corrected chi connectivity index (χ3v) is 5.34. The summed E-state index contributed by atoms with van der Waals surface area (Å²) in [5, 5.41) is 3.49. The molecule has 0 aromatic heterocycles. The van der Waals surface area contributed by atoms with Crippen LogP contribution in [0.5, 0.6) is 0 Å². The molecule has 0 heterocycles. The first-order valence-electron chi connectivity index (χ1n) is 7.81. The number of amides is 1. The zero-order valence-corrected chi connectivity index (χ0v) is 15.4. The van der Waals surface area contributed by atoms with Gasteiger partial charge in [-0.15, -0.1) is 0 Å². The summed E-state index contributed by atoms with van der Waals surface area (Å²) in [4.78, 5) is 12.4. The second kappa shape index (κ2) is 8.29. The third kappa shape index (κ3) is 5.44. The van der Waals surface area contributed by atoms with E-state index in [2.05, 4.69) is 10.0 Å². The molecule has 134 valence electrons. The van der Waals surface area contributed by atoms with Crippen molar-refractivity contribution in [1.82, 2.24) is 10.0 Å². The van der Waals surface area contributed by atoms with Crippen LogP contribution in [0.3, 0.4) is 0 Å². The summed E-state index contributed by atoms with van der Waals surface area (Å²) < 4.78 is 30.9. The minimum Gasteiger partial charge on any atom is -0.380 e. The minimum absolute atomic E-state index is 0.0928. The summed E-state index contributed by atoms with van der Waals surface area (Å²) in [5.74, 6) is -0.345.